The van der Waals surface area contributed by atoms with E-state index in [1.54, 1.807) is 0 Å². The second-order valence-corrected chi connectivity index (χ2v) is 6.23. The monoisotopic (exact) mass is 368 g/mol. The van der Waals surface area contributed by atoms with E-state index < -0.39 is 17.6 Å². The van der Waals surface area contributed by atoms with Gasteiger partial charge in [-0.25, -0.2) is 4.39 Å². The van der Waals surface area contributed by atoms with Crippen LogP contribution in [0.2, 0.25) is 0 Å². The average molecular weight is 369 g/mol. The molecule has 24 heavy (non-hydrogen) atoms. The second-order valence-electron chi connectivity index (χ2n) is 6.23. The molecule has 1 aromatic carbocycles. The Labute approximate surface area is 147 Å². The zero-order valence-corrected chi connectivity index (χ0v) is 14.8. The van der Waals surface area contributed by atoms with Crippen molar-refractivity contribution in [2.75, 3.05) is 26.2 Å². The summed E-state index contributed by atoms with van der Waals surface area (Å²) in [7, 11) is 0. The van der Waals surface area contributed by atoms with Crippen molar-refractivity contribution in [2.24, 2.45) is 5.92 Å². The van der Waals surface area contributed by atoms with Crippen molar-refractivity contribution < 1.29 is 17.6 Å². The average Bonchev–Trinajstić information content (AvgIpc) is 2.49. The molecule has 2 nitrogen and oxygen atoms in total. The van der Waals surface area contributed by atoms with Crippen LogP contribution in [0, 0.1) is 11.7 Å². The summed E-state index contributed by atoms with van der Waals surface area (Å²) < 4.78 is 52.6. The summed E-state index contributed by atoms with van der Waals surface area (Å²) in [6.07, 6.45) is -2.77. The minimum Gasteiger partial charge on any atom is -0.314 e. The molecule has 0 amide bonds. The highest BCUT2D eigenvalue weighted by molar-refractivity contribution is 5.85. The predicted molar refractivity (Wildman–Crippen MR) is 89.9 cm³/mol. The van der Waals surface area contributed by atoms with Gasteiger partial charge in [0.15, 0.2) is 0 Å². The number of nitrogens with one attached hydrogen (secondary N) is 1. The van der Waals surface area contributed by atoms with E-state index in [1.165, 1.54) is 6.07 Å². The molecule has 1 unspecified atom stereocenters. The van der Waals surface area contributed by atoms with E-state index in [-0.39, 0.29) is 24.4 Å². The molecule has 1 fully saturated rings. The van der Waals surface area contributed by atoms with Gasteiger partial charge in [-0.15, -0.1) is 12.4 Å². The van der Waals surface area contributed by atoms with Gasteiger partial charge >= 0.3 is 6.18 Å². The number of hydrogen-bond donors (Lipinski definition) is 1. The Morgan fingerprint density at radius 3 is 2.38 bits per heavy atom. The lowest BCUT2D eigenvalue weighted by atomic mass is 9.88. The Hall–Kier alpha value is -0.850. The normalized spacial score (nSPS) is 18.8. The maximum absolute atomic E-state index is 13.6. The quantitative estimate of drug-likeness (QED) is 0.761. The van der Waals surface area contributed by atoms with Crippen molar-refractivity contribution in [3.05, 3.63) is 35.1 Å². The van der Waals surface area contributed by atoms with Crippen molar-refractivity contribution in [3.63, 3.8) is 0 Å². The number of rotatable bonds is 5. The molecular weight excluding hydrogens is 344 g/mol. The van der Waals surface area contributed by atoms with Crippen LogP contribution in [-0.2, 0) is 6.18 Å². The molecule has 1 aliphatic heterocycles. The smallest absolute Gasteiger partial charge is 0.314 e. The summed E-state index contributed by atoms with van der Waals surface area (Å²) in [6, 6.07) is 3.34. The minimum atomic E-state index is -4.66. The third-order valence-corrected chi connectivity index (χ3v) is 4.47. The molecular formula is C17H25ClF4N2. The van der Waals surface area contributed by atoms with Gasteiger partial charge in [0, 0.05) is 32.2 Å². The van der Waals surface area contributed by atoms with Crippen LogP contribution in [0.3, 0.4) is 0 Å². The van der Waals surface area contributed by atoms with Gasteiger partial charge in [-0.3, -0.25) is 4.90 Å². The van der Waals surface area contributed by atoms with E-state index >= 15 is 0 Å². The minimum absolute atomic E-state index is 0. The van der Waals surface area contributed by atoms with E-state index in [9.17, 15) is 17.6 Å². The van der Waals surface area contributed by atoms with Gasteiger partial charge in [-0.05, 0) is 30.0 Å². The molecule has 1 N–H and O–H groups in total. The fourth-order valence-electron chi connectivity index (χ4n) is 3.42. The fraction of sp³-hybridized carbons (Fsp3) is 0.647. The topological polar surface area (TPSA) is 15.3 Å². The van der Waals surface area contributed by atoms with Crippen LogP contribution in [0.5, 0.6) is 0 Å². The first-order valence-electron chi connectivity index (χ1n) is 8.16. The third-order valence-electron chi connectivity index (χ3n) is 4.47. The predicted octanol–water partition coefficient (Wildman–Crippen LogP) is 4.65. The molecule has 2 atom stereocenters. The summed E-state index contributed by atoms with van der Waals surface area (Å²) in [5.41, 5.74) is -0.611. The van der Waals surface area contributed by atoms with E-state index in [1.807, 2.05) is 0 Å². The highest BCUT2D eigenvalue weighted by atomic mass is 35.5. The van der Waals surface area contributed by atoms with Crippen LogP contribution < -0.4 is 5.32 Å². The number of nitrogens with zero attached hydrogens (tertiary/aromatic N) is 1. The number of alkyl halides is 3. The Morgan fingerprint density at radius 2 is 1.83 bits per heavy atom. The second kappa shape index (κ2) is 9.02. The molecule has 138 valence electrons. The Morgan fingerprint density at radius 1 is 1.21 bits per heavy atom. The van der Waals surface area contributed by atoms with Crippen molar-refractivity contribution in [2.45, 2.75) is 38.9 Å². The number of hydrogen-bond acceptors (Lipinski definition) is 2. The highest BCUT2D eigenvalue weighted by Gasteiger charge is 2.36. The lowest BCUT2D eigenvalue weighted by Gasteiger charge is -2.39. The highest BCUT2D eigenvalue weighted by Crippen LogP contribution is 2.37. The van der Waals surface area contributed by atoms with Crippen LogP contribution in [0.1, 0.15) is 43.9 Å². The zero-order valence-electron chi connectivity index (χ0n) is 14.0. The number of benzene rings is 1. The van der Waals surface area contributed by atoms with Gasteiger partial charge in [0.05, 0.1) is 5.56 Å². The van der Waals surface area contributed by atoms with Crippen molar-refractivity contribution in [1.29, 1.82) is 0 Å². The number of piperazine rings is 1. The molecule has 1 aromatic rings. The number of halogens is 5. The SMILES string of the molecule is CCCC(C)[C@H](c1ccc(F)c(C(F)(F)F)c1)N1CCNCC1.Cl. The summed E-state index contributed by atoms with van der Waals surface area (Å²) in [4.78, 5) is 2.21. The zero-order chi connectivity index (χ0) is 17.0. The standard InChI is InChI=1S/C17H24F4N2.ClH/c1-3-4-12(2)16(23-9-7-22-8-10-23)13-5-6-15(18)14(11-13)17(19,20)21;/h5-6,11-12,16,22H,3-4,7-10H2,1-2H3;1H/t12?,16-;/m1./s1. The van der Waals surface area contributed by atoms with Gasteiger partial charge in [0.1, 0.15) is 5.82 Å². The molecule has 1 saturated heterocycles. The van der Waals surface area contributed by atoms with E-state index in [4.69, 9.17) is 0 Å². The summed E-state index contributed by atoms with van der Waals surface area (Å²) in [5.74, 6) is -0.992. The van der Waals surface area contributed by atoms with Crippen LogP contribution in [0.15, 0.2) is 18.2 Å². The molecule has 0 aromatic heterocycles. The Kier molecular flexibility index (Phi) is 7.96. The molecule has 0 saturated carbocycles. The summed E-state index contributed by atoms with van der Waals surface area (Å²) in [6.45, 7) is 7.35. The fourth-order valence-corrected chi connectivity index (χ4v) is 3.42. The van der Waals surface area contributed by atoms with Crippen molar-refractivity contribution in [1.82, 2.24) is 10.2 Å². The summed E-state index contributed by atoms with van der Waals surface area (Å²) in [5, 5.41) is 3.26. The molecule has 0 aliphatic carbocycles. The van der Waals surface area contributed by atoms with E-state index in [0.29, 0.717) is 5.56 Å². The van der Waals surface area contributed by atoms with Crippen molar-refractivity contribution in [3.8, 4) is 0 Å². The maximum Gasteiger partial charge on any atom is 0.419 e. The van der Waals surface area contributed by atoms with Crippen LogP contribution in [-0.4, -0.2) is 31.1 Å². The Balaban J connectivity index is 0.00000288. The van der Waals surface area contributed by atoms with Gasteiger partial charge < -0.3 is 5.32 Å². The van der Waals surface area contributed by atoms with Crippen molar-refractivity contribution >= 4 is 12.4 Å². The lowest BCUT2D eigenvalue weighted by Crippen LogP contribution is -2.46. The third kappa shape index (κ3) is 5.07. The van der Waals surface area contributed by atoms with E-state index in [0.717, 1.165) is 51.2 Å². The molecule has 0 bridgehead atoms. The molecule has 1 heterocycles. The largest absolute Gasteiger partial charge is 0.419 e. The van der Waals surface area contributed by atoms with Gasteiger partial charge in [0.25, 0.3) is 0 Å². The van der Waals surface area contributed by atoms with Crippen LogP contribution in [0.25, 0.3) is 0 Å². The van der Waals surface area contributed by atoms with Crippen LogP contribution >= 0.6 is 12.4 Å². The first-order valence-corrected chi connectivity index (χ1v) is 8.16. The van der Waals surface area contributed by atoms with Gasteiger partial charge in [0.2, 0.25) is 0 Å². The molecule has 0 radical (unpaired) electrons. The molecule has 2 rings (SSSR count). The van der Waals surface area contributed by atoms with Gasteiger partial charge in [-0.1, -0.05) is 26.3 Å². The summed E-state index contributed by atoms with van der Waals surface area (Å²) >= 11 is 0. The van der Waals surface area contributed by atoms with E-state index in [2.05, 4.69) is 24.1 Å². The first kappa shape index (κ1) is 21.2. The maximum atomic E-state index is 13.6. The van der Waals surface area contributed by atoms with Gasteiger partial charge in [-0.2, -0.15) is 13.2 Å². The molecule has 0 spiro atoms. The Bertz CT molecular complexity index is 516. The van der Waals surface area contributed by atoms with Crippen LogP contribution in [0.4, 0.5) is 17.6 Å². The molecule has 1 aliphatic rings. The lowest BCUT2D eigenvalue weighted by molar-refractivity contribution is -0.140. The first-order chi connectivity index (χ1) is 10.8. The molecule has 7 heteroatoms.